The zero-order chi connectivity index (χ0) is 22.0. The minimum absolute atomic E-state index is 0.129. The van der Waals surface area contributed by atoms with E-state index in [9.17, 15) is 9.59 Å². The Labute approximate surface area is 183 Å². The summed E-state index contributed by atoms with van der Waals surface area (Å²) in [4.78, 5) is 25.6. The number of aryl methyl sites for hydroxylation is 1. The van der Waals surface area contributed by atoms with E-state index in [1.54, 1.807) is 18.2 Å². The lowest BCUT2D eigenvalue weighted by molar-refractivity contribution is -0.118. The molecule has 2 heterocycles. The second-order valence-corrected chi connectivity index (χ2v) is 8.51. The van der Waals surface area contributed by atoms with Gasteiger partial charge in [-0.2, -0.15) is 0 Å². The van der Waals surface area contributed by atoms with Crippen molar-refractivity contribution in [2.75, 3.05) is 12.1 Å². The van der Waals surface area contributed by atoms with Gasteiger partial charge in [0.1, 0.15) is 11.0 Å². The molecule has 1 aliphatic heterocycles. The van der Waals surface area contributed by atoms with Crippen LogP contribution < -0.4 is 20.1 Å². The Morgan fingerprint density at radius 2 is 1.87 bits per heavy atom. The van der Waals surface area contributed by atoms with Crippen LogP contribution in [0.4, 0.5) is 5.13 Å². The smallest absolute Gasteiger partial charge is 0.252 e. The van der Waals surface area contributed by atoms with Crippen molar-refractivity contribution in [3.05, 3.63) is 53.6 Å². The maximum Gasteiger partial charge on any atom is 0.252 e. The first-order valence-corrected chi connectivity index (χ1v) is 10.6. The number of carbonyl (C=O) groups is 2. The zero-order valence-electron chi connectivity index (χ0n) is 17.3. The number of hydrogen-bond acceptors (Lipinski definition) is 7. The second-order valence-electron chi connectivity index (χ2n) is 7.53. The standard InChI is InChI=1S/C22H22N4O4S/c1-12(2)18(23-19(27)14-7-8-16-17(10-14)30-11-29-16)20(28)24-22-26-25-21(31-22)15-6-4-5-13(3)9-15/h4-10,12,18H,11H2,1-3H3,(H,23,27)(H,24,26,28). The Kier molecular flexibility index (Phi) is 5.85. The third-order valence-corrected chi connectivity index (χ3v) is 5.68. The van der Waals surface area contributed by atoms with Crippen molar-refractivity contribution in [2.24, 2.45) is 5.92 Å². The Balaban J connectivity index is 1.45. The van der Waals surface area contributed by atoms with Gasteiger partial charge in [0.05, 0.1) is 0 Å². The second kappa shape index (κ2) is 8.73. The summed E-state index contributed by atoms with van der Waals surface area (Å²) in [5.74, 6) is 0.245. The number of benzene rings is 2. The number of ether oxygens (including phenoxy) is 2. The fourth-order valence-electron chi connectivity index (χ4n) is 3.15. The third kappa shape index (κ3) is 4.66. The molecule has 31 heavy (non-hydrogen) atoms. The first kappa shape index (κ1) is 20.8. The Hall–Kier alpha value is -3.46. The largest absolute Gasteiger partial charge is 0.454 e. The molecule has 0 saturated heterocycles. The summed E-state index contributed by atoms with van der Waals surface area (Å²) in [6.45, 7) is 5.86. The molecule has 0 aliphatic carbocycles. The highest BCUT2D eigenvalue weighted by molar-refractivity contribution is 7.18. The molecule has 0 radical (unpaired) electrons. The monoisotopic (exact) mass is 438 g/mol. The summed E-state index contributed by atoms with van der Waals surface area (Å²) in [5, 5.41) is 14.9. The van der Waals surface area contributed by atoms with E-state index in [2.05, 4.69) is 20.8 Å². The molecule has 2 aromatic carbocycles. The Bertz CT molecular complexity index is 1130. The lowest BCUT2D eigenvalue weighted by Gasteiger charge is -2.21. The SMILES string of the molecule is Cc1cccc(-c2nnc(NC(=O)C(NC(=O)c3ccc4c(c3)OCO4)C(C)C)s2)c1. The molecule has 160 valence electrons. The van der Waals surface area contributed by atoms with E-state index >= 15 is 0 Å². The highest BCUT2D eigenvalue weighted by atomic mass is 32.1. The molecule has 2 amide bonds. The molecule has 3 aromatic rings. The highest BCUT2D eigenvalue weighted by Crippen LogP contribution is 2.32. The molecule has 1 aromatic heterocycles. The summed E-state index contributed by atoms with van der Waals surface area (Å²) in [5.41, 5.74) is 2.44. The van der Waals surface area contributed by atoms with Gasteiger partial charge in [-0.1, -0.05) is 48.9 Å². The highest BCUT2D eigenvalue weighted by Gasteiger charge is 2.26. The van der Waals surface area contributed by atoms with Gasteiger partial charge in [0.2, 0.25) is 17.8 Å². The third-order valence-electron chi connectivity index (χ3n) is 4.79. The molecule has 1 unspecified atom stereocenters. The normalized spacial score (nSPS) is 13.2. The van der Waals surface area contributed by atoms with E-state index in [4.69, 9.17) is 9.47 Å². The van der Waals surface area contributed by atoms with Gasteiger partial charge in [0, 0.05) is 11.1 Å². The maximum atomic E-state index is 12.9. The van der Waals surface area contributed by atoms with Crippen LogP contribution in [-0.2, 0) is 4.79 Å². The number of rotatable bonds is 6. The van der Waals surface area contributed by atoms with E-state index in [0.29, 0.717) is 27.2 Å². The van der Waals surface area contributed by atoms with Gasteiger partial charge >= 0.3 is 0 Å². The number of carbonyl (C=O) groups excluding carboxylic acids is 2. The fourth-order valence-corrected chi connectivity index (χ4v) is 3.89. The van der Waals surface area contributed by atoms with Crippen LogP contribution in [0.2, 0.25) is 0 Å². The molecule has 0 spiro atoms. The number of aromatic nitrogens is 2. The van der Waals surface area contributed by atoms with E-state index in [1.165, 1.54) is 11.3 Å². The van der Waals surface area contributed by atoms with Gasteiger partial charge < -0.3 is 14.8 Å². The predicted molar refractivity (Wildman–Crippen MR) is 117 cm³/mol. The maximum absolute atomic E-state index is 12.9. The first-order chi connectivity index (χ1) is 14.9. The number of anilines is 1. The summed E-state index contributed by atoms with van der Waals surface area (Å²) < 4.78 is 10.6. The average Bonchev–Trinajstić information content (AvgIpc) is 3.40. The topological polar surface area (TPSA) is 102 Å². The molecule has 0 fully saturated rings. The minimum Gasteiger partial charge on any atom is -0.454 e. The molecule has 4 rings (SSSR count). The zero-order valence-corrected chi connectivity index (χ0v) is 18.2. The Morgan fingerprint density at radius 3 is 2.65 bits per heavy atom. The molecule has 9 heteroatoms. The van der Waals surface area contributed by atoms with Crippen molar-refractivity contribution in [2.45, 2.75) is 26.8 Å². The van der Waals surface area contributed by atoms with Gasteiger partial charge in [-0.3, -0.25) is 14.9 Å². The van der Waals surface area contributed by atoms with Gasteiger partial charge in [-0.15, -0.1) is 10.2 Å². The van der Waals surface area contributed by atoms with E-state index in [-0.39, 0.29) is 24.5 Å². The molecule has 8 nitrogen and oxygen atoms in total. The first-order valence-electron chi connectivity index (χ1n) is 9.82. The van der Waals surface area contributed by atoms with Crippen molar-refractivity contribution in [1.29, 1.82) is 0 Å². The van der Waals surface area contributed by atoms with Gasteiger partial charge in [0.25, 0.3) is 5.91 Å². The van der Waals surface area contributed by atoms with Crippen LogP contribution in [-0.4, -0.2) is 34.8 Å². The lowest BCUT2D eigenvalue weighted by atomic mass is 10.0. The van der Waals surface area contributed by atoms with E-state index < -0.39 is 6.04 Å². The number of fused-ring (bicyclic) bond motifs is 1. The van der Waals surface area contributed by atoms with Crippen molar-refractivity contribution < 1.29 is 19.1 Å². The van der Waals surface area contributed by atoms with Crippen molar-refractivity contribution >= 4 is 28.3 Å². The molecule has 1 atom stereocenters. The van der Waals surface area contributed by atoms with Crippen LogP contribution in [0.1, 0.15) is 29.8 Å². The average molecular weight is 439 g/mol. The summed E-state index contributed by atoms with van der Waals surface area (Å²) in [6.07, 6.45) is 0. The number of nitrogens with one attached hydrogen (secondary N) is 2. The van der Waals surface area contributed by atoms with Crippen molar-refractivity contribution in [3.63, 3.8) is 0 Å². The minimum atomic E-state index is -0.746. The van der Waals surface area contributed by atoms with Crippen LogP contribution in [0, 0.1) is 12.8 Å². The number of hydrogen-bond donors (Lipinski definition) is 2. The van der Waals surface area contributed by atoms with Crippen LogP contribution in [0.15, 0.2) is 42.5 Å². The number of nitrogens with zero attached hydrogens (tertiary/aromatic N) is 2. The Morgan fingerprint density at radius 1 is 1.06 bits per heavy atom. The van der Waals surface area contributed by atoms with Gasteiger partial charge in [0.15, 0.2) is 11.5 Å². The van der Waals surface area contributed by atoms with Gasteiger partial charge in [-0.05, 0) is 37.1 Å². The number of amides is 2. The molecule has 1 aliphatic rings. The quantitative estimate of drug-likeness (QED) is 0.609. The van der Waals surface area contributed by atoms with Crippen molar-refractivity contribution in [3.8, 4) is 22.1 Å². The fraction of sp³-hybridized carbons (Fsp3) is 0.273. The predicted octanol–water partition coefficient (Wildman–Crippen LogP) is 3.64. The lowest BCUT2D eigenvalue weighted by Crippen LogP contribution is -2.47. The molecule has 0 saturated carbocycles. The molecular weight excluding hydrogens is 416 g/mol. The van der Waals surface area contributed by atoms with E-state index in [0.717, 1.165) is 11.1 Å². The van der Waals surface area contributed by atoms with Crippen LogP contribution in [0.25, 0.3) is 10.6 Å². The van der Waals surface area contributed by atoms with Crippen LogP contribution in [0.5, 0.6) is 11.5 Å². The molecule has 2 N–H and O–H groups in total. The molecular formula is C22H22N4O4S. The van der Waals surface area contributed by atoms with Crippen molar-refractivity contribution in [1.82, 2.24) is 15.5 Å². The summed E-state index contributed by atoms with van der Waals surface area (Å²) >= 11 is 1.28. The van der Waals surface area contributed by atoms with Gasteiger partial charge in [-0.25, -0.2) is 0 Å². The summed E-state index contributed by atoms with van der Waals surface area (Å²) in [6, 6.07) is 12.1. The van der Waals surface area contributed by atoms with Crippen LogP contribution in [0.3, 0.4) is 0 Å². The van der Waals surface area contributed by atoms with E-state index in [1.807, 2.05) is 45.0 Å². The molecule has 0 bridgehead atoms. The summed E-state index contributed by atoms with van der Waals surface area (Å²) in [7, 11) is 0. The van der Waals surface area contributed by atoms with Crippen LogP contribution >= 0.6 is 11.3 Å².